The monoisotopic (exact) mass is 309 g/mol. The zero-order chi connectivity index (χ0) is 16.1. The van der Waals surface area contributed by atoms with Crippen LogP contribution in [-0.2, 0) is 4.74 Å². The fourth-order valence-corrected chi connectivity index (χ4v) is 2.66. The van der Waals surface area contributed by atoms with Crippen molar-refractivity contribution in [3.63, 3.8) is 0 Å². The topological polar surface area (TPSA) is 58.4 Å². The molecular formula is C18H19N3O2. The maximum atomic E-state index is 9.58. The molecule has 1 atom stereocenters. The van der Waals surface area contributed by atoms with E-state index in [0.717, 1.165) is 18.7 Å². The van der Waals surface area contributed by atoms with Gasteiger partial charge in [0.1, 0.15) is 23.6 Å². The summed E-state index contributed by atoms with van der Waals surface area (Å²) in [7, 11) is 0. The molecule has 1 fully saturated rings. The Bertz CT molecular complexity index is 691. The Morgan fingerprint density at radius 3 is 2.65 bits per heavy atom. The van der Waals surface area contributed by atoms with Gasteiger partial charge < -0.3 is 9.47 Å². The molecule has 0 amide bonds. The van der Waals surface area contributed by atoms with Gasteiger partial charge in [-0.15, -0.1) is 0 Å². The molecule has 0 saturated carbocycles. The average molecular weight is 309 g/mol. The lowest BCUT2D eigenvalue weighted by atomic mass is 10.1. The number of nitriles is 1. The minimum absolute atomic E-state index is 0.114. The lowest BCUT2D eigenvalue weighted by Gasteiger charge is -2.32. The molecule has 1 saturated heterocycles. The largest absolute Gasteiger partial charge is 0.474 e. The summed E-state index contributed by atoms with van der Waals surface area (Å²) in [6.45, 7) is 5.09. The second kappa shape index (κ2) is 7.23. The molecule has 23 heavy (non-hydrogen) atoms. The number of ether oxygens (including phenoxy) is 2. The van der Waals surface area contributed by atoms with E-state index in [-0.39, 0.29) is 6.23 Å². The van der Waals surface area contributed by atoms with Crippen molar-refractivity contribution in [2.45, 2.75) is 13.2 Å². The first-order chi connectivity index (χ1) is 11.3. The van der Waals surface area contributed by atoms with Crippen molar-refractivity contribution >= 4 is 0 Å². The molecule has 118 valence electrons. The fraction of sp³-hybridized carbons (Fsp3) is 0.333. The van der Waals surface area contributed by atoms with Gasteiger partial charge in [0.2, 0.25) is 0 Å². The highest BCUT2D eigenvalue weighted by Crippen LogP contribution is 2.28. The number of pyridine rings is 1. The minimum atomic E-state index is -0.114. The predicted octanol–water partition coefficient (Wildman–Crippen LogP) is 2.68. The number of morpholine rings is 1. The first kappa shape index (κ1) is 15.5. The standard InChI is InChI=1S/C18H19N3O2/c1-14(21-9-11-22-12-10-21)23-17-7-8-20-18(16(17)13-19)15-5-3-2-4-6-15/h2-8,14H,9-12H2,1H3. The molecule has 0 radical (unpaired) electrons. The Labute approximate surface area is 136 Å². The molecule has 2 heterocycles. The minimum Gasteiger partial charge on any atom is -0.474 e. The average Bonchev–Trinajstić information content (AvgIpc) is 2.63. The Balaban J connectivity index is 1.86. The van der Waals surface area contributed by atoms with Crippen LogP contribution in [0.1, 0.15) is 12.5 Å². The van der Waals surface area contributed by atoms with Gasteiger partial charge in [-0.3, -0.25) is 9.88 Å². The number of benzene rings is 1. The van der Waals surface area contributed by atoms with Gasteiger partial charge in [0.05, 0.1) is 18.9 Å². The summed E-state index contributed by atoms with van der Waals surface area (Å²) in [6, 6.07) is 13.7. The summed E-state index contributed by atoms with van der Waals surface area (Å²) < 4.78 is 11.4. The van der Waals surface area contributed by atoms with Crippen LogP contribution in [0.2, 0.25) is 0 Å². The van der Waals surface area contributed by atoms with Crippen LogP contribution in [0.4, 0.5) is 0 Å². The maximum absolute atomic E-state index is 9.58. The molecule has 1 aliphatic heterocycles. The molecule has 1 aliphatic rings. The lowest BCUT2D eigenvalue weighted by Crippen LogP contribution is -2.44. The summed E-state index contributed by atoms with van der Waals surface area (Å²) >= 11 is 0. The van der Waals surface area contributed by atoms with Gasteiger partial charge in [-0.1, -0.05) is 30.3 Å². The van der Waals surface area contributed by atoms with Crippen molar-refractivity contribution in [1.82, 2.24) is 9.88 Å². The number of aromatic nitrogens is 1. The van der Waals surface area contributed by atoms with Crippen LogP contribution in [0.5, 0.6) is 5.75 Å². The van der Waals surface area contributed by atoms with E-state index in [2.05, 4.69) is 16.0 Å². The molecule has 0 bridgehead atoms. The Kier molecular flexibility index (Phi) is 4.86. The predicted molar refractivity (Wildman–Crippen MR) is 86.9 cm³/mol. The third-order valence-corrected chi connectivity index (χ3v) is 3.93. The number of hydrogen-bond donors (Lipinski definition) is 0. The molecular weight excluding hydrogens is 290 g/mol. The van der Waals surface area contributed by atoms with Gasteiger partial charge in [-0.05, 0) is 13.0 Å². The van der Waals surface area contributed by atoms with Gasteiger partial charge >= 0.3 is 0 Å². The van der Waals surface area contributed by atoms with E-state index in [0.29, 0.717) is 30.2 Å². The Morgan fingerprint density at radius 1 is 1.22 bits per heavy atom. The smallest absolute Gasteiger partial charge is 0.150 e. The van der Waals surface area contributed by atoms with E-state index in [1.165, 1.54) is 0 Å². The van der Waals surface area contributed by atoms with E-state index in [4.69, 9.17) is 9.47 Å². The van der Waals surface area contributed by atoms with Crippen molar-refractivity contribution < 1.29 is 9.47 Å². The molecule has 1 unspecified atom stereocenters. The van der Waals surface area contributed by atoms with Crippen LogP contribution < -0.4 is 4.74 Å². The number of rotatable bonds is 4. The zero-order valence-electron chi connectivity index (χ0n) is 13.1. The van der Waals surface area contributed by atoms with Crippen LogP contribution in [0.3, 0.4) is 0 Å². The maximum Gasteiger partial charge on any atom is 0.150 e. The molecule has 0 spiro atoms. The summed E-state index contributed by atoms with van der Waals surface area (Å²) in [6.07, 6.45) is 1.57. The fourth-order valence-electron chi connectivity index (χ4n) is 2.66. The molecule has 5 heteroatoms. The van der Waals surface area contributed by atoms with Crippen LogP contribution in [0.25, 0.3) is 11.3 Å². The molecule has 5 nitrogen and oxygen atoms in total. The summed E-state index contributed by atoms with van der Waals surface area (Å²) in [5, 5.41) is 9.58. The van der Waals surface area contributed by atoms with Crippen molar-refractivity contribution in [2.75, 3.05) is 26.3 Å². The van der Waals surface area contributed by atoms with E-state index >= 15 is 0 Å². The molecule has 2 aromatic rings. The molecule has 0 N–H and O–H groups in total. The van der Waals surface area contributed by atoms with Crippen molar-refractivity contribution in [3.8, 4) is 23.1 Å². The highest BCUT2D eigenvalue weighted by molar-refractivity contribution is 5.69. The third-order valence-electron chi connectivity index (χ3n) is 3.93. The Morgan fingerprint density at radius 2 is 1.96 bits per heavy atom. The molecule has 1 aromatic carbocycles. The van der Waals surface area contributed by atoms with Gasteiger partial charge in [0.15, 0.2) is 0 Å². The third kappa shape index (κ3) is 3.50. The summed E-state index contributed by atoms with van der Waals surface area (Å²) in [4.78, 5) is 6.57. The van der Waals surface area contributed by atoms with E-state index < -0.39 is 0 Å². The highest BCUT2D eigenvalue weighted by atomic mass is 16.5. The van der Waals surface area contributed by atoms with Crippen LogP contribution in [0.15, 0.2) is 42.6 Å². The lowest BCUT2D eigenvalue weighted by molar-refractivity contribution is -0.0374. The highest BCUT2D eigenvalue weighted by Gasteiger charge is 2.20. The van der Waals surface area contributed by atoms with E-state index in [1.54, 1.807) is 12.3 Å². The quantitative estimate of drug-likeness (QED) is 0.869. The van der Waals surface area contributed by atoms with Gasteiger partial charge in [0, 0.05) is 24.8 Å². The van der Waals surface area contributed by atoms with Crippen molar-refractivity contribution in [3.05, 3.63) is 48.2 Å². The van der Waals surface area contributed by atoms with E-state index in [9.17, 15) is 5.26 Å². The Hall–Kier alpha value is -2.42. The van der Waals surface area contributed by atoms with Crippen LogP contribution >= 0.6 is 0 Å². The molecule has 1 aromatic heterocycles. The second-order valence-electron chi connectivity index (χ2n) is 5.38. The van der Waals surface area contributed by atoms with Gasteiger partial charge in [-0.2, -0.15) is 5.26 Å². The van der Waals surface area contributed by atoms with Crippen LogP contribution in [0, 0.1) is 11.3 Å². The zero-order valence-corrected chi connectivity index (χ0v) is 13.1. The SMILES string of the molecule is CC(Oc1ccnc(-c2ccccc2)c1C#N)N1CCOCC1. The van der Waals surface area contributed by atoms with Gasteiger partial charge in [-0.25, -0.2) is 0 Å². The summed E-state index contributed by atoms with van der Waals surface area (Å²) in [5.41, 5.74) is 2.03. The van der Waals surface area contributed by atoms with Crippen LogP contribution in [-0.4, -0.2) is 42.4 Å². The van der Waals surface area contributed by atoms with Crippen molar-refractivity contribution in [2.24, 2.45) is 0 Å². The van der Waals surface area contributed by atoms with Crippen molar-refractivity contribution in [1.29, 1.82) is 5.26 Å². The first-order valence-electron chi connectivity index (χ1n) is 7.72. The second-order valence-corrected chi connectivity index (χ2v) is 5.38. The molecule has 3 rings (SSSR count). The van der Waals surface area contributed by atoms with Gasteiger partial charge in [0.25, 0.3) is 0 Å². The van der Waals surface area contributed by atoms with E-state index in [1.807, 2.05) is 37.3 Å². The summed E-state index contributed by atoms with van der Waals surface area (Å²) in [5.74, 6) is 0.570. The molecule has 0 aliphatic carbocycles. The first-order valence-corrected chi connectivity index (χ1v) is 7.72. The number of nitrogens with zero attached hydrogens (tertiary/aromatic N) is 3. The number of hydrogen-bond acceptors (Lipinski definition) is 5. The normalized spacial score (nSPS) is 16.5.